The van der Waals surface area contributed by atoms with Gasteiger partial charge < -0.3 is 16.0 Å². The minimum Gasteiger partial charge on any atom is -0.368 e. The van der Waals surface area contributed by atoms with E-state index in [1.54, 1.807) is 0 Å². The van der Waals surface area contributed by atoms with Crippen molar-refractivity contribution in [1.82, 2.24) is 24.8 Å². The zero-order chi connectivity index (χ0) is 19.4. The van der Waals surface area contributed by atoms with Crippen LogP contribution in [0.15, 0.2) is 30.3 Å². The van der Waals surface area contributed by atoms with Crippen LogP contribution in [0, 0.1) is 5.92 Å². The van der Waals surface area contributed by atoms with E-state index in [2.05, 4.69) is 32.1 Å². The smallest absolute Gasteiger partial charge is 0.232 e. The molecule has 8 nitrogen and oxygen atoms in total. The Hall–Kier alpha value is -2.74. The first kappa shape index (κ1) is 19.0. The lowest BCUT2D eigenvalue weighted by molar-refractivity contribution is -0.136. The zero-order valence-corrected chi connectivity index (χ0v) is 16.1. The number of nitrogens with two attached hydrogens (primary N) is 1. The maximum Gasteiger partial charge on any atom is 0.232 e. The molecule has 144 valence electrons. The highest BCUT2D eigenvalue weighted by molar-refractivity contribution is 5.78. The minimum atomic E-state index is -0.0112. The van der Waals surface area contributed by atoms with Gasteiger partial charge in [-0.1, -0.05) is 32.0 Å². The Bertz CT molecular complexity index is 773. The van der Waals surface area contributed by atoms with Gasteiger partial charge in [0.25, 0.3) is 0 Å². The number of para-hydroxylation sites is 1. The van der Waals surface area contributed by atoms with Crippen molar-refractivity contribution < 1.29 is 4.79 Å². The summed E-state index contributed by atoms with van der Waals surface area (Å²) in [5.74, 6) is 1.50. The molecule has 1 amide bonds. The number of carbonyl (C=O) groups is 1. The first-order valence-corrected chi connectivity index (χ1v) is 9.30. The van der Waals surface area contributed by atoms with Gasteiger partial charge in [0.1, 0.15) is 0 Å². The van der Waals surface area contributed by atoms with Crippen LogP contribution in [0.5, 0.6) is 0 Å². The fourth-order valence-corrected chi connectivity index (χ4v) is 3.16. The number of nitrogens with one attached hydrogen (secondary N) is 1. The van der Waals surface area contributed by atoms with Crippen molar-refractivity contribution in [2.45, 2.75) is 26.8 Å². The van der Waals surface area contributed by atoms with Crippen LogP contribution in [0.2, 0.25) is 0 Å². The largest absolute Gasteiger partial charge is 0.368 e. The summed E-state index contributed by atoms with van der Waals surface area (Å²) in [7, 11) is 0. The van der Waals surface area contributed by atoms with Gasteiger partial charge >= 0.3 is 0 Å². The van der Waals surface area contributed by atoms with Gasteiger partial charge in [-0.3, -0.25) is 9.69 Å². The van der Waals surface area contributed by atoms with Crippen molar-refractivity contribution in [2.75, 3.05) is 37.2 Å². The first-order chi connectivity index (χ1) is 12.9. The van der Waals surface area contributed by atoms with E-state index in [-0.39, 0.29) is 23.8 Å². The van der Waals surface area contributed by atoms with Crippen LogP contribution >= 0.6 is 0 Å². The van der Waals surface area contributed by atoms with E-state index < -0.39 is 0 Å². The summed E-state index contributed by atoms with van der Waals surface area (Å²) in [6, 6.07) is 9.69. The van der Waals surface area contributed by atoms with E-state index in [1.807, 2.05) is 49.1 Å². The average Bonchev–Trinajstić information content (AvgIpc) is 2.67. The number of hydrogen-bond donors (Lipinski definition) is 2. The lowest BCUT2D eigenvalue weighted by Gasteiger charge is -2.38. The molecule has 0 spiro atoms. The summed E-state index contributed by atoms with van der Waals surface area (Å²) >= 11 is 0. The molecule has 0 unspecified atom stereocenters. The molecule has 1 saturated heterocycles. The molecule has 1 aliphatic rings. The van der Waals surface area contributed by atoms with E-state index in [4.69, 9.17) is 5.73 Å². The molecule has 1 aliphatic heterocycles. The molecular formula is C19H27N7O. The summed E-state index contributed by atoms with van der Waals surface area (Å²) in [5, 5.41) is 3.16. The van der Waals surface area contributed by atoms with Gasteiger partial charge in [-0.15, -0.1) is 0 Å². The van der Waals surface area contributed by atoms with E-state index in [0.29, 0.717) is 11.8 Å². The van der Waals surface area contributed by atoms with Crippen molar-refractivity contribution in [3.8, 4) is 0 Å². The summed E-state index contributed by atoms with van der Waals surface area (Å²) in [6.45, 7) is 8.94. The van der Waals surface area contributed by atoms with Crippen LogP contribution in [0.3, 0.4) is 0 Å². The zero-order valence-electron chi connectivity index (χ0n) is 16.1. The quantitative estimate of drug-likeness (QED) is 0.832. The van der Waals surface area contributed by atoms with Crippen molar-refractivity contribution in [2.24, 2.45) is 5.92 Å². The van der Waals surface area contributed by atoms with E-state index in [1.165, 1.54) is 0 Å². The SMILES string of the molecule is CC(C)C(=O)N1CCN([C@H](C)c2nc(N)nc(Nc3ccccc3)n2)CC1. The number of anilines is 3. The molecule has 0 radical (unpaired) electrons. The molecule has 0 saturated carbocycles. The molecule has 0 bridgehead atoms. The van der Waals surface area contributed by atoms with Crippen molar-refractivity contribution >= 4 is 23.5 Å². The first-order valence-electron chi connectivity index (χ1n) is 9.30. The molecule has 1 atom stereocenters. The Kier molecular flexibility index (Phi) is 5.85. The third kappa shape index (κ3) is 4.71. The van der Waals surface area contributed by atoms with Crippen LogP contribution in [0.1, 0.15) is 32.6 Å². The molecule has 2 heterocycles. The predicted molar refractivity (Wildman–Crippen MR) is 105 cm³/mol. The van der Waals surface area contributed by atoms with Gasteiger partial charge in [0, 0.05) is 37.8 Å². The molecule has 3 rings (SSSR count). The number of nitrogen functional groups attached to an aromatic ring is 1. The lowest BCUT2D eigenvalue weighted by atomic mass is 10.1. The Morgan fingerprint density at radius 3 is 2.33 bits per heavy atom. The normalized spacial score (nSPS) is 16.4. The molecule has 8 heteroatoms. The molecule has 2 aromatic rings. The van der Waals surface area contributed by atoms with Crippen molar-refractivity contribution in [1.29, 1.82) is 0 Å². The van der Waals surface area contributed by atoms with Gasteiger partial charge in [-0.2, -0.15) is 15.0 Å². The van der Waals surface area contributed by atoms with Crippen LogP contribution in [-0.2, 0) is 4.79 Å². The van der Waals surface area contributed by atoms with Crippen LogP contribution < -0.4 is 11.1 Å². The van der Waals surface area contributed by atoms with Crippen LogP contribution in [0.4, 0.5) is 17.6 Å². The molecule has 3 N–H and O–H groups in total. The Balaban J connectivity index is 1.68. The molecule has 1 aromatic carbocycles. The summed E-state index contributed by atoms with van der Waals surface area (Å²) < 4.78 is 0. The van der Waals surface area contributed by atoms with Gasteiger partial charge in [-0.05, 0) is 19.1 Å². The topological polar surface area (TPSA) is 100 Å². The van der Waals surface area contributed by atoms with E-state index >= 15 is 0 Å². The molecule has 1 aromatic heterocycles. The highest BCUT2D eigenvalue weighted by Crippen LogP contribution is 2.21. The Morgan fingerprint density at radius 2 is 1.70 bits per heavy atom. The minimum absolute atomic E-state index is 0.0112. The molecule has 1 fully saturated rings. The van der Waals surface area contributed by atoms with Crippen molar-refractivity contribution in [3.63, 3.8) is 0 Å². The van der Waals surface area contributed by atoms with Crippen molar-refractivity contribution in [3.05, 3.63) is 36.2 Å². The summed E-state index contributed by atoms with van der Waals surface area (Å²) in [4.78, 5) is 29.4. The van der Waals surface area contributed by atoms with E-state index in [9.17, 15) is 4.79 Å². The Labute approximate surface area is 159 Å². The fraction of sp³-hybridized carbons (Fsp3) is 0.474. The van der Waals surface area contributed by atoms with E-state index in [0.717, 1.165) is 31.9 Å². The predicted octanol–water partition coefficient (Wildman–Crippen LogP) is 2.06. The monoisotopic (exact) mass is 369 g/mol. The maximum atomic E-state index is 12.2. The summed E-state index contributed by atoms with van der Waals surface area (Å²) in [5.41, 5.74) is 6.79. The summed E-state index contributed by atoms with van der Waals surface area (Å²) in [6.07, 6.45) is 0. The highest BCUT2D eigenvalue weighted by atomic mass is 16.2. The number of rotatable bonds is 5. The second kappa shape index (κ2) is 8.30. The number of hydrogen-bond acceptors (Lipinski definition) is 7. The number of aromatic nitrogens is 3. The fourth-order valence-electron chi connectivity index (χ4n) is 3.16. The highest BCUT2D eigenvalue weighted by Gasteiger charge is 2.27. The second-order valence-corrected chi connectivity index (χ2v) is 7.06. The lowest BCUT2D eigenvalue weighted by Crippen LogP contribution is -2.50. The molecular weight excluding hydrogens is 342 g/mol. The maximum absolute atomic E-state index is 12.2. The second-order valence-electron chi connectivity index (χ2n) is 7.06. The standard InChI is InChI=1S/C19H27N7O/c1-13(2)17(27)26-11-9-25(10-12-26)14(3)16-22-18(20)24-19(23-16)21-15-7-5-4-6-8-15/h4-8,13-14H,9-12H2,1-3H3,(H3,20,21,22,23,24)/t14-/m1/s1. The Morgan fingerprint density at radius 1 is 1.04 bits per heavy atom. The van der Waals surface area contributed by atoms with Gasteiger partial charge in [0.05, 0.1) is 6.04 Å². The average molecular weight is 369 g/mol. The third-order valence-corrected chi connectivity index (χ3v) is 4.74. The number of benzene rings is 1. The van der Waals surface area contributed by atoms with Crippen LogP contribution in [0.25, 0.3) is 0 Å². The third-order valence-electron chi connectivity index (χ3n) is 4.74. The number of nitrogens with zero attached hydrogens (tertiary/aromatic N) is 5. The van der Waals surface area contributed by atoms with Gasteiger partial charge in [-0.25, -0.2) is 0 Å². The number of piperazine rings is 1. The molecule has 27 heavy (non-hydrogen) atoms. The molecule has 0 aliphatic carbocycles. The van der Waals surface area contributed by atoms with Gasteiger partial charge in [0.15, 0.2) is 5.82 Å². The van der Waals surface area contributed by atoms with Gasteiger partial charge in [0.2, 0.25) is 17.8 Å². The van der Waals surface area contributed by atoms with Crippen LogP contribution in [-0.4, -0.2) is 56.8 Å². The number of carbonyl (C=O) groups excluding carboxylic acids is 1. The number of amides is 1.